The van der Waals surface area contributed by atoms with Gasteiger partial charge in [0.15, 0.2) is 0 Å². The number of hydrogen-bond acceptors (Lipinski definition) is 2. The summed E-state index contributed by atoms with van der Waals surface area (Å²) in [5, 5.41) is 0. The maximum Gasteiger partial charge on any atom is 0.118 e. The zero-order valence-corrected chi connectivity index (χ0v) is 9.67. The van der Waals surface area contributed by atoms with Crippen LogP contribution < -0.4 is 4.74 Å². The summed E-state index contributed by atoms with van der Waals surface area (Å²) in [6.07, 6.45) is 0.410. The fraction of sp³-hybridized carbons (Fsp3) is 0.200. The van der Waals surface area contributed by atoms with Gasteiger partial charge in [-0.25, -0.2) is 0 Å². The molecular weight excluding hydrogens is 212 g/mol. The Bertz CT molecular complexity index is 490. The van der Waals surface area contributed by atoms with Crippen molar-refractivity contribution in [2.75, 3.05) is 7.11 Å². The lowest BCUT2D eigenvalue weighted by Gasteiger charge is -2.00. The second-order valence-electron chi connectivity index (χ2n) is 4.16. The first-order chi connectivity index (χ1) is 8.38. The van der Waals surface area contributed by atoms with Crippen LogP contribution in [0.5, 0.6) is 5.75 Å². The summed E-state index contributed by atoms with van der Waals surface area (Å²) in [7, 11) is 1.68. The lowest BCUT2D eigenvalue weighted by atomic mass is 10.0. The smallest absolute Gasteiger partial charge is 0.118 e. The van der Waals surface area contributed by atoms with E-state index in [-0.39, 0.29) is 12.2 Å². The van der Waals surface area contributed by atoms with Crippen molar-refractivity contribution in [3.63, 3.8) is 0 Å². The van der Waals surface area contributed by atoms with Crippen molar-refractivity contribution in [2.45, 2.75) is 12.2 Å². The van der Waals surface area contributed by atoms with Crippen LogP contribution >= 0.6 is 0 Å². The molecule has 1 heterocycles. The summed E-state index contributed by atoms with van der Waals surface area (Å²) in [5.41, 5.74) is 2.45. The zero-order chi connectivity index (χ0) is 11.7. The summed E-state index contributed by atoms with van der Waals surface area (Å²) in [4.78, 5) is 0. The Morgan fingerprint density at radius 2 is 1.41 bits per heavy atom. The standard InChI is InChI=1S/C15H14O2/c1-16-13-9-7-12(8-10-13)15-14(17-15)11-5-3-2-4-6-11/h2-10,14-15H,1H3/t14-,15+/m0/s1. The van der Waals surface area contributed by atoms with Crippen LogP contribution in [0.3, 0.4) is 0 Å². The van der Waals surface area contributed by atoms with Gasteiger partial charge in [-0.3, -0.25) is 0 Å². The summed E-state index contributed by atoms with van der Waals surface area (Å²) in [6, 6.07) is 18.4. The molecular formula is C15H14O2. The molecule has 0 bridgehead atoms. The Hall–Kier alpha value is -1.80. The molecule has 2 aromatic carbocycles. The normalized spacial score (nSPS) is 22.2. The number of hydrogen-bond donors (Lipinski definition) is 0. The molecule has 86 valence electrons. The van der Waals surface area contributed by atoms with Crippen molar-refractivity contribution < 1.29 is 9.47 Å². The molecule has 1 saturated heterocycles. The van der Waals surface area contributed by atoms with Gasteiger partial charge in [-0.05, 0) is 23.3 Å². The highest BCUT2D eigenvalue weighted by Gasteiger charge is 2.41. The van der Waals surface area contributed by atoms with Crippen LogP contribution in [0.1, 0.15) is 23.3 Å². The predicted molar refractivity (Wildman–Crippen MR) is 66.0 cm³/mol. The first kappa shape index (κ1) is 10.4. The molecule has 0 saturated carbocycles. The predicted octanol–water partition coefficient (Wildman–Crippen LogP) is 3.51. The maximum atomic E-state index is 5.72. The minimum atomic E-state index is 0.198. The Labute approximate surface area is 101 Å². The molecule has 1 aliphatic rings. The van der Waals surface area contributed by atoms with Gasteiger partial charge in [0, 0.05) is 0 Å². The number of methoxy groups -OCH3 is 1. The van der Waals surface area contributed by atoms with Gasteiger partial charge in [0.2, 0.25) is 0 Å². The highest BCUT2D eigenvalue weighted by molar-refractivity contribution is 5.33. The van der Waals surface area contributed by atoms with Crippen molar-refractivity contribution in [2.24, 2.45) is 0 Å². The molecule has 2 nitrogen and oxygen atoms in total. The molecule has 2 aromatic rings. The molecule has 1 aliphatic heterocycles. The molecule has 1 fully saturated rings. The van der Waals surface area contributed by atoms with Crippen LogP contribution in [0.25, 0.3) is 0 Å². The number of benzene rings is 2. The van der Waals surface area contributed by atoms with Crippen molar-refractivity contribution in [3.8, 4) is 5.75 Å². The summed E-state index contributed by atoms with van der Waals surface area (Å²) in [6.45, 7) is 0. The summed E-state index contributed by atoms with van der Waals surface area (Å²) in [5.74, 6) is 0.880. The second-order valence-corrected chi connectivity index (χ2v) is 4.16. The molecule has 0 radical (unpaired) electrons. The molecule has 17 heavy (non-hydrogen) atoms. The van der Waals surface area contributed by atoms with E-state index in [9.17, 15) is 0 Å². The molecule has 3 rings (SSSR count). The van der Waals surface area contributed by atoms with Gasteiger partial charge in [-0.2, -0.15) is 0 Å². The van der Waals surface area contributed by atoms with Crippen LogP contribution in [0.15, 0.2) is 54.6 Å². The molecule has 2 heteroatoms. The Morgan fingerprint density at radius 1 is 0.824 bits per heavy atom. The van der Waals surface area contributed by atoms with E-state index in [1.807, 2.05) is 30.3 Å². The van der Waals surface area contributed by atoms with E-state index < -0.39 is 0 Å². The van der Waals surface area contributed by atoms with Crippen LogP contribution in [0.4, 0.5) is 0 Å². The number of ether oxygens (including phenoxy) is 2. The molecule has 0 spiro atoms. The van der Waals surface area contributed by atoms with Crippen molar-refractivity contribution in [1.82, 2.24) is 0 Å². The third-order valence-electron chi connectivity index (χ3n) is 3.06. The minimum absolute atomic E-state index is 0.198. The lowest BCUT2D eigenvalue weighted by molar-refractivity contribution is 0.377. The topological polar surface area (TPSA) is 21.8 Å². The quantitative estimate of drug-likeness (QED) is 0.747. The Kier molecular flexibility index (Phi) is 2.57. The fourth-order valence-electron chi connectivity index (χ4n) is 2.06. The average molecular weight is 226 g/mol. The molecule has 2 atom stereocenters. The Balaban J connectivity index is 1.76. The second kappa shape index (κ2) is 4.22. The van der Waals surface area contributed by atoms with Gasteiger partial charge in [0.25, 0.3) is 0 Å². The van der Waals surface area contributed by atoms with Gasteiger partial charge in [-0.1, -0.05) is 42.5 Å². The first-order valence-corrected chi connectivity index (χ1v) is 5.73. The molecule has 0 aliphatic carbocycles. The van der Waals surface area contributed by atoms with E-state index in [1.54, 1.807) is 7.11 Å². The van der Waals surface area contributed by atoms with Crippen molar-refractivity contribution >= 4 is 0 Å². The molecule has 0 N–H and O–H groups in total. The van der Waals surface area contributed by atoms with Gasteiger partial charge in [0.1, 0.15) is 18.0 Å². The van der Waals surface area contributed by atoms with Crippen LogP contribution in [-0.4, -0.2) is 7.11 Å². The Morgan fingerprint density at radius 3 is 2.00 bits per heavy atom. The fourth-order valence-corrected chi connectivity index (χ4v) is 2.06. The minimum Gasteiger partial charge on any atom is -0.497 e. The van der Waals surface area contributed by atoms with E-state index in [0.717, 1.165) is 5.75 Å². The van der Waals surface area contributed by atoms with Crippen LogP contribution in [0, 0.1) is 0 Å². The monoisotopic (exact) mass is 226 g/mol. The number of epoxide rings is 1. The maximum absolute atomic E-state index is 5.72. The van der Waals surface area contributed by atoms with Gasteiger partial charge in [-0.15, -0.1) is 0 Å². The highest BCUT2D eigenvalue weighted by atomic mass is 16.6. The van der Waals surface area contributed by atoms with E-state index in [0.29, 0.717) is 0 Å². The SMILES string of the molecule is COc1ccc([C@H]2O[C@H]2c2ccccc2)cc1. The first-order valence-electron chi connectivity index (χ1n) is 5.73. The third-order valence-corrected chi connectivity index (χ3v) is 3.06. The lowest BCUT2D eigenvalue weighted by Crippen LogP contribution is -1.86. The van der Waals surface area contributed by atoms with Crippen LogP contribution in [0.2, 0.25) is 0 Å². The highest BCUT2D eigenvalue weighted by Crippen LogP contribution is 2.50. The number of rotatable bonds is 3. The van der Waals surface area contributed by atoms with E-state index in [4.69, 9.17) is 9.47 Å². The van der Waals surface area contributed by atoms with Gasteiger partial charge in [0.05, 0.1) is 7.11 Å². The largest absolute Gasteiger partial charge is 0.497 e. The van der Waals surface area contributed by atoms with E-state index in [1.165, 1.54) is 11.1 Å². The zero-order valence-electron chi connectivity index (χ0n) is 9.67. The molecule has 0 aromatic heterocycles. The average Bonchev–Trinajstić information content (AvgIpc) is 3.20. The molecule has 0 amide bonds. The van der Waals surface area contributed by atoms with Crippen molar-refractivity contribution in [3.05, 3.63) is 65.7 Å². The third kappa shape index (κ3) is 2.04. The van der Waals surface area contributed by atoms with E-state index >= 15 is 0 Å². The summed E-state index contributed by atoms with van der Waals surface area (Å²) < 4.78 is 10.9. The molecule has 0 unspecified atom stereocenters. The van der Waals surface area contributed by atoms with E-state index in [2.05, 4.69) is 24.3 Å². The summed E-state index contributed by atoms with van der Waals surface area (Å²) >= 11 is 0. The van der Waals surface area contributed by atoms with Crippen LogP contribution in [-0.2, 0) is 4.74 Å². The van der Waals surface area contributed by atoms with Gasteiger partial charge >= 0.3 is 0 Å². The van der Waals surface area contributed by atoms with Crippen molar-refractivity contribution in [1.29, 1.82) is 0 Å². The van der Waals surface area contributed by atoms with Gasteiger partial charge < -0.3 is 9.47 Å².